The fraction of sp³-hybridized carbons (Fsp3) is 0.520. The van der Waals surface area contributed by atoms with Gasteiger partial charge in [0, 0.05) is 25.4 Å². The monoisotopic (exact) mass is 405 g/mol. The molecule has 2 aromatic heterocycles. The van der Waals surface area contributed by atoms with Crippen LogP contribution in [-0.2, 0) is 0 Å². The van der Waals surface area contributed by atoms with Crippen LogP contribution in [0.15, 0.2) is 30.5 Å². The second kappa shape index (κ2) is 9.17. The topological polar surface area (TPSA) is 48.1 Å². The summed E-state index contributed by atoms with van der Waals surface area (Å²) in [4.78, 5) is 17.7. The first-order chi connectivity index (χ1) is 14.5. The first-order valence-corrected chi connectivity index (χ1v) is 11.3. The van der Waals surface area contributed by atoms with E-state index >= 15 is 0 Å². The Morgan fingerprint density at radius 1 is 1.13 bits per heavy atom. The van der Waals surface area contributed by atoms with Crippen LogP contribution in [0.1, 0.15) is 43.2 Å². The van der Waals surface area contributed by atoms with Gasteiger partial charge in [0.25, 0.3) is 0 Å². The Morgan fingerprint density at radius 3 is 2.73 bits per heavy atom. The van der Waals surface area contributed by atoms with Crippen LogP contribution >= 0.6 is 0 Å². The number of hydrogen-bond acceptors (Lipinski definition) is 4. The number of imidazole rings is 1. The maximum Gasteiger partial charge on any atom is 0.138 e. The second-order valence-corrected chi connectivity index (χ2v) is 9.13. The third-order valence-corrected chi connectivity index (χ3v) is 6.53. The number of H-pyrrole nitrogens is 1. The Bertz CT molecular complexity index is 984. The number of unbranched alkanes of at least 4 members (excludes halogenated alkanes) is 1. The molecule has 160 valence electrons. The van der Waals surface area contributed by atoms with Gasteiger partial charge in [-0.25, -0.2) is 9.97 Å². The molecule has 30 heavy (non-hydrogen) atoms. The van der Waals surface area contributed by atoms with E-state index in [-0.39, 0.29) is 0 Å². The maximum absolute atomic E-state index is 4.85. The van der Waals surface area contributed by atoms with Crippen LogP contribution < -0.4 is 4.90 Å². The van der Waals surface area contributed by atoms with Gasteiger partial charge in [0.1, 0.15) is 11.6 Å². The Hall–Kier alpha value is -2.40. The number of aryl methyl sites for hydroxylation is 2. The van der Waals surface area contributed by atoms with Crippen molar-refractivity contribution in [3.8, 4) is 11.4 Å². The van der Waals surface area contributed by atoms with E-state index in [4.69, 9.17) is 4.98 Å². The summed E-state index contributed by atoms with van der Waals surface area (Å²) in [7, 11) is 4.38. The molecule has 0 radical (unpaired) electrons. The minimum atomic E-state index is 0.915. The number of anilines is 1. The van der Waals surface area contributed by atoms with Crippen LogP contribution in [0.2, 0.25) is 0 Å². The molecule has 0 saturated carbocycles. The molecule has 3 aromatic rings. The van der Waals surface area contributed by atoms with E-state index in [9.17, 15) is 0 Å². The highest BCUT2D eigenvalue weighted by molar-refractivity contribution is 5.83. The van der Waals surface area contributed by atoms with Crippen molar-refractivity contribution in [1.82, 2.24) is 19.9 Å². The zero-order valence-corrected chi connectivity index (χ0v) is 18.9. The molecule has 1 fully saturated rings. The third-order valence-electron chi connectivity index (χ3n) is 6.53. The van der Waals surface area contributed by atoms with Gasteiger partial charge in [-0.2, -0.15) is 0 Å². The normalized spacial score (nSPS) is 15.7. The number of hydrogen-bond donors (Lipinski definition) is 1. The molecule has 1 aromatic carbocycles. The van der Waals surface area contributed by atoms with Crippen LogP contribution in [-0.4, -0.2) is 53.6 Å². The lowest BCUT2D eigenvalue weighted by Gasteiger charge is -2.29. The summed E-state index contributed by atoms with van der Waals surface area (Å²) >= 11 is 0. The predicted octanol–water partition coefficient (Wildman–Crippen LogP) is 5.19. The second-order valence-electron chi connectivity index (χ2n) is 9.13. The van der Waals surface area contributed by atoms with Gasteiger partial charge in [-0.3, -0.25) is 0 Å². The summed E-state index contributed by atoms with van der Waals surface area (Å²) < 4.78 is 0. The smallest absolute Gasteiger partial charge is 0.138 e. The number of likely N-dealkylation sites (tertiary alicyclic amines) is 1. The van der Waals surface area contributed by atoms with Crippen molar-refractivity contribution >= 4 is 16.9 Å². The van der Waals surface area contributed by atoms with E-state index in [1.165, 1.54) is 56.3 Å². The lowest BCUT2D eigenvalue weighted by molar-refractivity contribution is 0.210. The van der Waals surface area contributed by atoms with Crippen molar-refractivity contribution in [3.05, 3.63) is 41.6 Å². The molecule has 0 aliphatic carbocycles. The minimum Gasteiger partial charge on any atom is -0.360 e. The molecule has 1 saturated heterocycles. The highest BCUT2D eigenvalue weighted by Crippen LogP contribution is 2.26. The molecule has 0 atom stereocenters. The molecule has 0 bridgehead atoms. The van der Waals surface area contributed by atoms with E-state index in [1.807, 2.05) is 12.3 Å². The summed E-state index contributed by atoms with van der Waals surface area (Å²) in [5.41, 5.74) is 5.71. The molecule has 1 N–H and O–H groups in total. The van der Waals surface area contributed by atoms with Crippen molar-refractivity contribution in [2.24, 2.45) is 5.92 Å². The molecule has 1 aliphatic rings. The number of aromatic nitrogens is 3. The molecular weight excluding hydrogens is 370 g/mol. The number of benzene rings is 1. The lowest BCUT2D eigenvalue weighted by atomic mass is 9.92. The van der Waals surface area contributed by atoms with E-state index in [0.29, 0.717) is 0 Å². The molecular formula is C25H35N5. The largest absolute Gasteiger partial charge is 0.360 e. The van der Waals surface area contributed by atoms with Gasteiger partial charge in [0.05, 0.1) is 11.0 Å². The van der Waals surface area contributed by atoms with Gasteiger partial charge < -0.3 is 14.8 Å². The Kier molecular flexibility index (Phi) is 6.38. The number of rotatable bonds is 7. The Morgan fingerprint density at radius 2 is 1.93 bits per heavy atom. The quantitative estimate of drug-likeness (QED) is 0.550. The first-order valence-electron chi connectivity index (χ1n) is 11.3. The van der Waals surface area contributed by atoms with Crippen molar-refractivity contribution in [2.45, 2.75) is 46.0 Å². The molecule has 4 rings (SSSR count). The fourth-order valence-corrected chi connectivity index (χ4v) is 4.63. The van der Waals surface area contributed by atoms with Gasteiger partial charge in [0.2, 0.25) is 0 Å². The summed E-state index contributed by atoms with van der Waals surface area (Å²) in [6, 6.07) is 8.54. The minimum absolute atomic E-state index is 0.915. The van der Waals surface area contributed by atoms with E-state index in [0.717, 1.165) is 40.7 Å². The number of aromatic amines is 1. The van der Waals surface area contributed by atoms with Crippen LogP contribution in [0.4, 0.5) is 5.82 Å². The number of piperidine rings is 1. The molecule has 5 nitrogen and oxygen atoms in total. The van der Waals surface area contributed by atoms with Crippen molar-refractivity contribution in [3.63, 3.8) is 0 Å². The van der Waals surface area contributed by atoms with E-state index in [2.05, 4.69) is 65.9 Å². The van der Waals surface area contributed by atoms with Crippen LogP contribution in [0, 0.1) is 19.8 Å². The molecule has 0 unspecified atom stereocenters. The zero-order valence-electron chi connectivity index (χ0n) is 18.9. The van der Waals surface area contributed by atoms with Crippen LogP contribution in [0.3, 0.4) is 0 Å². The van der Waals surface area contributed by atoms with Crippen molar-refractivity contribution in [1.29, 1.82) is 0 Å². The standard InChI is InChI=1S/C25H35N5/c1-18-15-19(2)24-22(16-18)27-25(28-24)21-8-11-26-23(17-21)30(4)12-6-5-7-20-9-13-29(3)14-10-20/h8,11,15-17,20H,5-7,9-10,12-14H2,1-4H3,(H,27,28). The Labute approximate surface area is 180 Å². The van der Waals surface area contributed by atoms with Gasteiger partial charge in [-0.1, -0.05) is 18.9 Å². The highest BCUT2D eigenvalue weighted by Gasteiger charge is 2.16. The van der Waals surface area contributed by atoms with Crippen LogP contribution in [0.5, 0.6) is 0 Å². The van der Waals surface area contributed by atoms with Gasteiger partial charge in [-0.05, 0) is 88.5 Å². The molecule has 5 heteroatoms. The van der Waals surface area contributed by atoms with Gasteiger partial charge >= 0.3 is 0 Å². The summed E-state index contributed by atoms with van der Waals surface area (Å²) in [6.07, 6.45) is 8.52. The van der Waals surface area contributed by atoms with Gasteiger partial charge in [0.15, 0.2) is 0 Å². The van der Waals surface area contributed by atoms with E-state index < -0.39 is 0 Å². The first kappa shape index (κ1) is 20.9. The van der Waals surface area contributed by atoms with Crippen molar-refractivity contribution < 1.29 is 0 Å². The third kappa shape index (κ3) is 4.84. The average Bonchev–Trinajstić information content (AvgIpc) is 3.17. The molecule has 0 amide bonds. The zero-order chi connectivity index (χ0) is 21.1. The van der Waals surface area contributed by atoms with E-state index in [1.54, 1.807) is 0 Å². The summed E-state index contributed by atoms with van der Waals surface area (Å²) in [5.74, 6) is 2.85. The number of pyridine rings is 1. The fourth-order valence-electron chi connectivity index (χ4n) is 4.63. The molecule has 0 spiro atoms. The van der Waals surface area contributed by atoms with Gasteiger partial charge in [-0.15, -0.1) is 0 Å². The maximum atomic E-state index is 4.85. The molecule has 3 heterocycles. The number of nitrogens with zero attached hydrogens (tertiary/aromatic N) is 4. The molecule has 1 aliphatic heterocycles. The number of fused-ring (bicyclic) bond motifs is 1. The Balaban J connectivity index is 1.36. The summed E-state index contributed by atoms with van der Waals surface area (Å²) in [6.45, 7) is 7.82. The average molecular weight is 406 g/mol. The lowest BCUT2D eigenvalue weighted by Crippen LogP contribution is -2.30. The SMILES string of the molecule is Cc1cc(C)c2nc(-c3ccnc(N(C)CCCCC4CCN(C)CC4)c3)[nH]c2c1. The van der Waals surface area contributed by atoms with Crippen LogP contribution in [0.25, 0.3) is 22.4 Å². The predicted molar refractivity (Wildman–Crippen MR) is 126 cm³/mol. The van der Waals surface area contributed by atoms with Crippen molar-refractivity contribution in [2.75, 3.05) is 38.6 Å². The highest BCUT2D eigenvalue weighted by atomic mass is 15.2. The number of nitrogens with one attached hydrogen (secondary N) is 1. The summed E-state index contributed by atoms with van der Waals surface area (Å²) in [5, 5.41) is 0.